The predicted molar refractivity (Wildman–Crippen MR) is 55.2 cm³/mol. The lowest BCUT2D eigenvalue weighted by Gasteiger charge is -2.22. The van der Waals surface area contributed by atoms with Gasteiger partial charge in [0, 0.05) is 27.5 Å². The number of anilines is 1. The summed E-state index contributed by atoms with van der Waals surface area (Å²) in [6.07, 6.45) is 2.91. The Balaban J connectivity index is 1.83. The molecule has 1 fully saturated rings. The Morgan fingerprint density at radius 3 is 3.08 bits per heavy atom. The molecule has 1 aromatic heterocycles. The summed E-state index contributed by atoms with van der Waals surface area (Å²) in [6.45, 7) is 1.18. The zero-order valence-electron chi connectivity index (χ0n) is 6.75. The predicted octanol–water partition coefficient (Wildman–Crippen LogP) is 3.04. The van der Waals surface area contributed by atoms with E-state index in [1.54, 1.807) is 11.3 Å². The maximum atomic E-state index is 3.50. The summed E-state index contributed by atoms with van der Waals surface area (Å²) in [5.74, 6) is 1.01. The van der Waals surface area contributed by atoms with Crippen LogP contribution in [0.5, 0.6) is 0 Å². The highest BCUT2D eigenvalue weighted by atomic mass is 32.2. The van der Waals surface area contributed by atoms with Crippen molar-refractivity contribution in [3.63, 3.8) is 0 Å². The molecule has 1 saturated carbocycles. The van der Waals surface area contributed by atoms with Gasteiger partial charge < -0.3 is 5.32 Å². The molecule has 1 N–H and O–H groups in total. The number of rotatable bonds is 1. The quantitative estimate of drug-likeness (QED) is 0.742. The van der Waals surface area contributed by atoms with Gasteiger partial charge in [0.1, 0.15) is 0 Å². The van der Waals surface area contributed by atoms with Gasteiger partial charge in [-0.2, -0.15) is 0 Å². The first kappa shape index (κ1) is 7.27. The fraction of sp³-hybridized carbons (Fsp3) is 0.556. The third-order valence-electron chi connectivity index (χ3n) is 2.55. The van der Waals surface area contributed by atoms with Crippen molar-refractivity contribution in [2.24, 2.45) is 5.92 Å². The van der Waals surface area contributed by atoms with E-state index in [0.717, 1.165) is 11.2 Å². The van der Waals surface area contributed by atoms with Crippen molar-refractivity contribution >= 4 is 28.8 Å². The van der Waals surface area contributed by atoms with Gasteiger partial charge in [-0.3, -0.25) is 0 Å². The zero-order chi connectivity index (χ0) is 7.97. The van der Waals surface area contributed by atoms with Gasteiger partial charge in [0.2, 0.25) is 0 Å². The van der Waals surface area contributed by atoms with Crippen LogP contribution in [0.2, 0.25) is 0 Å². The zero-order valence-corrected chi connectivity index (χ0v) is 8.38. The largest absolute Gasteiger partial charge is 0.382 e. The molecule has 12 heavy (non-hydrogen) atoms. The van der Waals surface area contributed by atoms with Crippen LogP contribution in [-0.4, -0.2) is 11.8 Å². The monoisotopic (exact) mass is 197 g/mol. The van der Waals surface area contributed by atoms with Gasteiger partial charge in [-0.1, -0.05) is 0 Å². The van der Waals surface area contributed by atoms with Crippen LogP contribution in [-0.2, 0) is 0 Å². The summed E-state index contributed by atoms with van der Waals surface area (Å²) < 4.78 is 0. The molecule has 64 valence electrons. The Kier molecular flexibility index (Phi) is 1.62. The molecule has 2 heterocycles. The molecule has 0 radical (unpaired) electrons. The average molecular weight is 197 g/mol. The van der Waals surface area contributed by atoms with E-state index < -0.39 is 0 Å². The minimum absolute atomic E-state index is 0.854. The van der Waals surface area contributed by atoms with Crippen LogP contribution in [0.4, 0.5) is 5.69 Å². The Labute approximate surface area is 80.6 Å². The first-order valence-electron chi connectivity index (χ1n) is 4.40. The van der Waals surface area contributed by atoms with E-state index >= 15 is 0 Å². The fourth-order valence-electron chi connectivity index (χ4n) is 1.65. The first-order valence-corrected chi connectivity index (χ1v) is 6.22. The minimum atomic E-state index is 0.854. The van der Waals surface area contributed by atoms with E-state index in [4.69, 9.17) is 0 Å². The second-order valence-corrected chi connectivity index (χ2v) is 5.55. The van der Waals surface area contributed by atoms with E-state index in [0.29, 0.717) is 0 Å². The van der Waals surface area contributed by atoms with Crippen LogP contribution in [0.1, 0.15) is 12.8 Å². The van der Waals surface area contributed by atoms with E-state index in [2.05, 4.69) is 27.8 Å². The topological polar surface area (TPSA) is 12.0 Å². The number of thiophene rings is 1. The highest BCUT2D eigenvalue weighted by molar-refractivity contribution is 8.00. The van der Waals surface area contributed by atoms with Crippen LogP contribution in [0.3, 0.4) is 0 Å². The molecule has 1 aromatic rings. The van der Waals surface area contributed by atoms with Crippen LogP contribution >= 0.6 is 23.1 Å². The summed E-state index contributed by atoms with van der Waals surface area (Å²) in [5, 5.41) is 8.84. The Hall–Kier alpha value is -0.150. The maximum absolute atomic E-state index is 3.50. The molecule has 1 atom stereocenters. The number of nitrogens with one attached hydrogen (secondary N) is 1. The second-order valence-electron chi connectivity index (χ2n) is 3.52. The second kappa shape index (κ2) is 2.67. The van der Waals surface area contributed by atoms with Gasteiger partial charge in [-0.15, -0.1) is 23.1 Å². The molecule has 1 unspecified atom stereocenters. The van der Waals surface area contributed by atoms with Crippen molar-refractivity contribution in [2.75, 3.05) is 11.9 Å². The molecule has 0 amide bonds. The average Bonchev–Trinajstić information content (AvgIpc) is 2.84. The molecule has 1 aliphatic heterocycles. The summed E-state index contributed by atoms with van der Waals surface area (Å²) in [6, 6.07) is 0. The SMILES string of the molecule is c1scc2c1NCC(C1CC1)S2. The Bertz CT molecular complexity index is 290. The molecule has 0 saturated heterocycles. The number of fused-ring (bicyclic) bond motifs is 1. The van der Waals surface area contributed by atoms with Crippen molar-refractivity contribution in [3.05, 3.63) is 10.8 Å². The highest BCUT2D eigenvalue weighted by Crippen LogP contribution is 2.46. The van der Waals surface area contributed by atoms with Gasteiger partial charge >= 0.3 is 0 Å². The van der Waals surface area contributed by atoms with Crippen molar-refractivity contribution in [2.45, 2.75) is 23.0 Å². The van der Waals surface area contributed by atoms with E-state index in [1.807, 2.05) is 0 Å². The smallest absolute Gasteiger partial charge is 0.0587 e. The summed E-state index contributed by atoms with van der Waals surface area (Å²) in [5.41, 5.74) is 1.36. The Morgan fingerprint density at radius 2 is 2.25 bits per heavy atom. The fourth-order valence-corrected chi connectivity index (χ4v) is 4.00. The molecule has 2 aliphatic rings. The molecule has 0 aromatic carbocycles. The first-order chi connectivity index (χ1) is 5.93. The standard InChI is InChI=1S/C9H11NS2/c1-2-6(1)8-3-10-7-4-11-5-9(7)12-8/h4-6,8,10H,1-3H2. The molecule has 0 bridgehead atoms. The van der Waals surface area contributed by atoms with E-state index in [1.165, 1.54) is 30.0 Å². The minimum Gasteiger partial charge on any atom is -0.382 e. The molecule has 0 spiro atoms. The lowest BCUT2D eigenvalue weighted by Crippen LogP contribution is -2.22. The number of thioether (sulfide) groups is 1. The van der Waals surface area contributed by atoms with Crippen molar-refractivity contribution in [1.82, 2.24) is 0 Å². The Morgan fingerprint density at radius 1 is 1.33 bits per heavy atom. The van der Waals surface area contributed by atoms with Gasteiger partial charge in [-0.05, 0) is 18.8 Å². The maximum Gasteiger partial charge on any atom is 0.0587 e. The lowest BCUT2D eigenvalue weighted by molar-refractivity contribution is 0.773. The summed E-state index contributed by atoms with van der Waals surface area (Å²) in [7, 11) is 0. The summed E-state index contributed by atoms with van der Waals surface area (Å²) in [4.78, 5) is 1.48. The van der Waals surface area contributed by atoms with Gasteiger partial charge in [-0.25, -0.2) is 0 Å². The van der Waals surface area contributed by atoms with Gasteiger partial charge in [0.25, 0.3) is 0 Å². The van der Waals surface area contributed by atoms with Crippen molar-refractivity contribution in [3.8, 4) is 0 Å². The third-order valence-corrected chi connectivity index (χ3v) is 4.89. The molecule has 3 heteroatoms. The highest BCUT2D eigenvalue weighted by Gasteiger charge is 2.34. The van der Waals surface area contributed by atoms with Crippen molar-refractivity contribution < 1.29 is 0 Å². The van der Waals surface area contributed by atoms with Gasteiger partial charge in [0.15, 0.2) is 0 Å². The number of hydrogen-bond donors (Lipinski definition) is 1. The van der Waals surface area contributed by atoms with Crippen molar-refractivity contribution in [1.29, 1.82) is 0 Å². The van der Waals surface area contributed by atoms with E-state index in [9.17, 15) is 0 Å². The van der Waals surface area contributed by atoms with Crippen LogP contribution in [0.15, 0.2) is 15.7 Å². The third kappa shape index (κ3) is 1.15. The number of hydrogen-bond acceptors (Lipinski definition) is 3. The summed E-state index contributed by atoms with van der Waals surface area (Å²) >= 11 is 3.89. The van der Waals surface area contributed by atoms with Gasteiger partial charge in [0.05, 0.1) is 5.69 Å². The molecule has 1 nitrogen and oxygen atoms in total. The van der Waals surface area contributed by atoms with Crippen LogP contribution < -0.4 is 5.32 Å². The molecular weight excluding hydrogens is 186 g/mol. The van der Waals surface area contributed by atoms with Crippen LogP contribution in [0.25, 0.3) is 0 Å². The van der Waals surface area contributed by atoms with Crippen LogP contribution in [0, 0.1) is 5.92 Å². The molecule has 1 aliphatic carbocycles. The lowest BCUT2D eigenvalue weighted by atomic mass is 10.3. The molecule has 3 rings (SSSR count). The van der Waals surface area contributed by atoms with E-state index in [-0.39, 0.29) is 0 Å². The normalized spacial score (nSPS) is 27.8. The molecular formula is C9H11NS2.